The molecular formula is C41H29N3. The highest BCUT2D eigenvalue weighted by Gasteiger charge is 2.22. The first-order valence-electron chi connectivity index (χ1n) is 15.1. The predicted octanol–water partition coefficient (Wildman–Crippen LogP) is 10.3. The van der Waals surface area contributed by atoms with Gasteiger partial charge in [0.05, 0.1) is 0 Å². The highest BCUT2D eigenvalue weighted by molar-refractivity contribution is 6.11. The molecule has 0 spiro atoms. The van der Waals surface area contributed by atoms with Crippen LogP contribution in [0.5, 0.6) is 0 Å². The third-order valence-corrected chi connectivity index (χ3v) is 8.38. The third kappa shape index (κ3) is 4.69. The first kappa shape index (κ1) is 26.0. The van der Waals surface area contributed by atoms with Crippen LogP contribution in [0.1, 0.15) is 17.5 Å². The molecule has 0 amide bonds. The second kappa shape index (κ2) is 11.2. The summed E-state index contributed by atoms with van der Waals surface area (Å²) >= 11 is 0. The predicted molar refractivity (Wildman–Crippen MR) is 182 cm³/mol. The Morgan fingerprint density at radius 2 is 0.886 bits per heavy atom. The lowest BCUT2D eigenvalue weighted by molar-refractivity contribution is 0.991. The molecule has 1 aliphatic carbocycles. The molecule has 6 aromatic carbocycles. The fraction of sp³-hybridized carbons (Fsp3) is 0.0488. The molecule has 0 radical (unpaired) electrons. The first-order valence-corrected chi connectivity index (χ1v) is 15.1. The Bertz CT molecular complexity index is 2080. The van der Waals surface area contributed by atoms with E-state index in [0.717, 1.165) is 29.5 Å². The van der Waals surface area contributed by atoms with Crippen molar-refractivity contribution in [1.82, 2.24) is 15.0 Å². The van der Waals surface area contributed by atoms with E-state index in [4.69, 9.17) is 15.0 Å². The molecule has 1 aliphatic rings. The van der Waals surface area contributed by atoms with Crippen molar-refractivity contribution in [3.05, 3.63) is 157 Å². The molecular weight excluding hydrogens is 534 g/mol. The molecule has 0 saturated heterocycles. The van der Waals surface area contributed by atoms with Gasteiger partial charge in [0.25, 0.3) is 0 Å². The Balaban J connectivity index is 1.43. The molecule has 0 bridgehead atoms. The van der Waals surface area contributed by atoms with Crippen LogP contribution in [0, 0.1) is 0 Å². The summed E-state index contributed by atoms with van der Waals surface area (Å²) < 4.78 is 0. The van der Waals surface area contributed by atoms with Crippen LogP contribution in [0.15, 0.2) is 146 Å². The van der Waals surface area contributed by atoms with Gasteiger partial charge in [-0.15, -0.1) is 0 Å². The minimum Gasteiger partial charge on any atom is -0.208 e. The molecule has 8 rings (SSSR count). The second-order valence-corrected chi connectivity index (χ2v) is 11.1. The minimum absolute atomic E-state index is 0.664. The summed E-state index contributed by atoms with van der Waals surface area (Å²) in [6, 6.07) is 48.6. The van der Waals surface area contributed by atoms with E-state index in [1.165, 1.54) is 44.2 Å². The fourth-order valence-electron chi connectivity index (χ4n) is 6.36. The van der Waals surface area contributed by atoms with Gasteiger partial charge in [-0.2, -0.15) is 0 Å². The van der Waals surface area contributed by atoms with Gasteiger partial charge in [-0.25, -0.2) is 15.0 Å². The summed E-state index contributed by atoms with van der Waals surface area (Å²) in [4.78, 5) is 15.0. The number of hydrogen-bond donors (Lipinski definition) is 0. The molecule has 0 unspecified atom stereocenters. The van der Waals surface area contributed by atoms with Gasteiger partial charge < -0.3 is 0 Å². The zero-order valence-electron chi connectivity index (χ0n) is 24.2. The lowest BCUT2D eigenvalue weighted by Crippen LogP contribution is -2.03. The Hall–Kier alpha value is -5.67. The van der Waals surface area contributed by atoms with Crippen LogP contribution in [0.2, 0.25) is 0 Å². The van der Waals surface area contributed by atoms with E-state index in [1.54, 1.807) is 0 Å². The van der Waals surface area contributed by atoms with Gasteiger partial charge in [0, 0.05) is 16.7 Å². The first-order chi connectivity index (χ1) is 21.8. The van der Waals surface area contributed by atoms with Crippen LogP contribution in [0.4, 0.5) is 0 Å². The Kier molecular flexibility index (Phi) is 6.62. The minimum atomic E-state index is 0.664. The standard InChI is InChI=1S/C41H29N3/c1-5-15-28(16-6-1)37-33-23-13-14-24-34(33)38(29-17-7-2-8-18-29)36-27-32(25-26-35(36)37)41-43-39(30-19-9-3-10-20-30)42-40(44-41)31-21-11-4-12-22-31/h1-13,15-23,25-27H,14,24H2. The third-order valence-electron chi connectivity index (χ3n) is 8.38. The fourth-order valence-corrected chi connectivity index (χ4v) is 6.36. The smallest absolute Gasteiger partial charge is 0.164 e. The van der Waals surface area contributed by atoms with Crippen LogP contribution >= 0.6 is 0 Å². The average molecular weight is 564 g/mol. The van der Waals surface area contributed by atoms with E-state index in [2.05, 4.69) is 91.0 Å². The normalized spacial score (nSPS) is 12.3. The maximum atomic E-state index is 5.04. The lowest BCUT2D eigenvalue weighted by Gasteiger charge is -2.24. The Morgan fingerprint density at radius 1 is 0.409 bits per heavy atom. The van der Waals surface area contributed by atoms with Gasteiger partial charge in [0.15, 0.2) is 17.5 Å². The van der Waals surface area contributed by atoms with Crippen molar-refractivity contribution in [2.45, 2.75) is 12.8 Å². The summed E-state index contributed by atoms with van der Waals surface area (Å²) in [5.74, 6) is 1.99. The maximum absolute atomic E-state index is 5.04. The summed E-state index contributed by atoms with van der Waals surface area (Å²) in [5.41, 5.74) is 10.6. The van der Waals surface area contributed by atoms with Gasteiger partial charge in [-0.05, 0) is 63.1 Å². The SMILES string of the molecule is C1=Cc2c(c(-c3ccccc3)c3cc(-c4nc(-c5ccccc5)nc(-c5ccccc5)n4)ccc3c2-c2ccccc2)CC1. The molecule has 1 heterocycles. The number of hydrogen-bond acceptors (Lipinski definition) is 3. The maximum Gasteiger partial charge on any atom is 0.164 e. The molecule has 0 fully saturated rings. The second-order valence-electron chi connectivity index (χ2n) is 11.1. The summed E-state index contributed by atoms with van der Waals surface area (Å²) in [6.45, 7) is 0. The van der Waals surface area contributed by atoms with Gasteiger partial charge in [0.1, 0.15) is 0 Å². The highest BCUT2D eigenvalue weighted by atomic mass is 15.0. The van der Waals surface area contributed by atoms with Gasteiger partial charge in [0.2, 0.25) is 0 Å². The van der Waals surface area contributed by atoms with Crippen molar-refractivity contribution < 1.29 is 0 Å². The molecule has 44 heavy (non-hydrogen) atoms. The van der Waals surface area contributed by atoms with Gasteiger partial charge in [-0.3, -0.25) is 0 Å². The van der Waals surface area contributed by atoms with E-state index in [1.807, 2.05) is 60.7 Å². The average Bonchev–Trinajstić information content (AvgIpc) is 3.11. The molecule has 3 heteroatoms. The largest absolute Gasteiger partial charge is 0.208 e. The van der Waals surface area contributed by atoms with Crippen molar-refractivity contribution in [3.8, 4) is 56.4 Å². The van der Waals surface area contributed by atoms with Gasteiger partial charge >= 0.3 is 0 Å². The lowest BCUT2D eigenvalue weighted by atomic mass is 9.80. The molecule has 7 aromatic rings. The van der Waals surface area contributed by atoms with E-state index in [9.17, 15) is 0 Å². The zero-order valence-corrected chi connectivity index (χ0v) is 24.2. The van der Waals surface area contributed by atoms with Crippen molar-refractivity contribution in [1.29, 1.82) is 0 Å². The summed E-state index contributed by atoms with van der Waals surface area (Å²) in [6.07, 6.45) is 6.66. The van der Waals surface area contributed by atoms with Gasteiger partial charge in [-0.1, -0.05) is 146 Å². The number of nitrogens with zero attached hydrogens (tertiary/aromatic N) is 3. The zero-order chi connectivity index (χ0) is 29.3. The molecule has 0 aliphatic heterocycles. The highest BCUT2D eigenvalue weighted by Crippen LogP contribution is 2.45. The van der Waals surface area contributed by atoms with Crippen molar-refractivity contribution >= 4 is 16.8 Å². The van der Waals surface area contributed by atoms with Crippen molar-refractivity contribution in [2.75, 3.05) is 0 Å². The topological polar surface area (TPSA) is 38.7 Å². The number of fused-ring (bicyclic) bond motifs is 2. The molecule has 208 valence electrons. The van der Waals surface area contributed by atoms with Crippen molar-refractivity contribution in [3.63, 3.8) is 0 Å². The van der Waals surface area contributed by atoms with Crippen LogP contribution in [-0.2, 0) is 6.42 Å². The van der Waals surface area contributed by atoms with E-state index >= 15 is 0 Å². The Morgan fingerprint density at radius 3 is 1.43 bits per heavy atom. The Labute approximate surface area is 257 Å². The molecule has 0 N–H and O–H groups in total. The number of rotatable bonds is 5. The quantitative estimate of drug-likeness (QED) is 0.209. The van der Waals surface area contributed by atoms with Crippen LogP contribution < -0.4 is 0 Å². The van der Waals surface area contributed by atoms with Crippen LogP contribution in [0.3, 0.4) is 0 Å². The number of aromatic nitrogens is 3. The van der Waals surface area contributed by atoms with E-state index in [0.29, 0.717) is 17.5 Å². The van der Waals surface area contributed by atoms with E-state index in [-0.39, 0.29) is 0 Å². The molecule has 0 saturated carbocycles. The monoisotopic (exact) mass is 563 g/mol. The molecule has 3 nitrogen and oxygen atoms in total. The summed E-state index contributed by atoms with van der Waals surface area (Å²) in [5, 5.41) is 2.44. The number of benzene rings is 6. The van der Waals surface area contributed by atoms with E-state index < -0.39 is 0 Å². The number of allylic oxidation sites excluding steroid dienone is 1. The van der Waals surface area contributed by atoms with Crippen LogP contribution in [0.25, 0.3) is 73.3 Å². The molecule has 1 aromatic heterocycles. The molecule has 0 atom stereocenters. The van der Waals surface area contributed by atoms with Crippen LogP contribution in [-0.4, -0.2) is 15.0 Å². The van der Waals surface area contributed by atoms with Crippen molar-refractivity contribution in [2.24, 2.45) is 0 Å². The summed E-state index contributed by atoms with van der Waals surface area (Å²) in [7, 11) is 0.